The highest BCUT2D eigenvalue weighted by molar-refractivity contribution is 6.24. The Bertz CT molecular complexity index is 567. The number of rotatable bonds is 11. The molecule has 0 aliphatic rings. The van der Waals surface area contributed by atoms with Crippen LogP contribution >= 0.6 is 0 Å². The summed E-state index contributed by atoms with van der Waals surface area (Å²) >= 11 is 0. The average Bonchev–Trinajstić information content (AvgIpc) is 2.53. The van der Waals surface area contributed by atoms with Gasteiger partial charge in [-0.25, -0.2) is 14.6 Å². The summed E-state index contributed by atoms with van der Waals surface area (Å²) in [6, 6.07) is -0.836. The maximum atomic E-state index is 12.1. The molecule has 0 aromatic carbocycles. The lowest BCUT2D eigenvalue weighted by Gasteiger charge is -2.19. The van der Waals surface area contributed by atoms with E-state index in [1.165, 1.54) is 0 Å². The van der Waals surface area contributed by atoms with Crippen molar-refractivity contribution < 1.29 is 29.0 Å². The molecule has 0 aliphatic carbocycles. The minimum atomic E-state index is -1.32. The Morgan fingerprint density at radius 3 is 2.29 bits per heavy atom. The van der Waals surface area contributed by atoms with Crippen LogP contribution in [0.3, 0.4) is 0 Å². The maximum Gasteiger partial charge on any atom is 0.407 e. The highest BCUT2D eigenvalue weighted by atomic mass is 16.6. The summed E-state index contributed by atoms with van der Waals surface area (Å²) in [5, 5.41) is 13.8. The molecule has 3 N–H and O–H groups in total. The monoisotopic (exact) mass is 399 g/mol. The zero-order valence-corrected chi connectivity index (χ0v) is 17.4. The first kappa shape index (κ1) is 25.6. The van der Waals surface area contributed by atoms with E-state index in [4.69, 9.17) is 9.84 Å². The van der Waals surface area contributed by atoms with Crippen LogP contribution in [0.4, 0.5) is 4.79 Å². The van der Waals surface area contributed by atoms with E-state index in [0.717, 1.165) is 6.42 Å². The molecule has 9 nitrogen and oxygen atoms in total. The lowest BCUT2D eigenvalue weighted by molar-refractivity contribution is -0.129. The molecule has 0 fully saturated rings. The number of hydrogen-bond acceptors (Lipinski definition) is 5. The number of nitrogens with zero attached hydrogens (tertiary/aromatic N) is 1. The first-order valence-electron chi connectivity index (χ1n) is 9.47. The summed E-state index contributed by atoms with van der Waals surface area (Å²) in [5.41, 5.74) is -0.541. The predicted molar refractivity (Wildman–Crippen MR) is 105 cm³/mol. The second kappa shape index (κ2) is 12.9. The molecule has 0 unspecified atom stereocenters. The van der Waals surface area contributed by atoms with Gasteiger partial charge in [0.1, 0.15) is 17.9 Å². The Morgan fingerprint density at radius 2 is 1.75 bits per heavy atom. The van der Waals surface area contributed by atoms with Crippen LogP contribution in [0.5, 0.6) is 0 Å². The van der Waals surface area contributed by atoms with Crippen molar-refractivity contribution in [3.63, 3.8) is 0 Å². The Kier molecular flexibility index (Phi) is 11.7. The largest absolute Gasteiger partial charge is 0.477 e. The Hall–Kier alpha value is -2.45. The number of amides is 3. The number of aliphatic imine (C=N–C) groups is 1. The number of ether oxygens (including phenoxy) is 1. The number of carboxylic acids is 1. The van der Waals surface area contributed by atoms with Crippen LogP contribution in [0.25, 0.3) is 0 Å². The molecule has 9 heteroatoms. The number of carbonyl (C=O) groups excluding carboxylic acids is 3. The van der Waals surface area contributed by atoms with Crippen LogP contribution in [0, 0.1) is 5.92 Å². The van der Waals surface area contributed by atoms with Crippen LogP contribution in [-0.2, 0) is 19.1 Å². The van der Waals surface area contributed by atoms with Crippen molar-refractivity contribution >= 4 is 30.1 Å². The highest BCUT2D eigenvalue weighted by Crippen LogP contribution is 2.08. The third kappa shape index (κ3) is 14.7. The molecule has 3 amide bonds. The van der Waals surface area contributed by atoms with Gasteiger partial charge < -0.3 is 20.5 Å². The van der Waals surface area contributed by atoms with Crippen molar-refractivity contribution in [2.24, 2.45) is 10.9 Å². The fourth-order valence-electron chi connectivity index (χ4n) is 2.26. The molecule has 28 heavy (non-hydrogen) atoms. The van der Waals surface area contributed by atoms with Gasteiger partial charge >= 0.3 is 12.1 Å². The van der Waals surface area contributed by atoms with Crippen LogP contribution in [-0.4, -0.2) is 53.4 Å². The Morgan fingerprint density at radius 1 is 1.11 bits per heavy atom. The molecule has 0 aliphatic heterocycles. The lowest BCUT2D eigenvalue weighted by atomic mass is 10.0. The minimum Gasteiger partial charge on any atom is -0.477 e. The smallest absolute Gasteiger partial charge is 0.407 e. The molecule has 0 rings (SSSR count). The summed E-state index contributed by atoms with van der Waals surface area (Å²) in [6.45, 7) is 9.60. The SMILES string of the molecule is CC(C)C[C@H](NC(=O)CCCCCNC(=O)OC(C)(C)C)C(=O)N=CC(=O)O. The fourth-order valence-corrected chi connectivity index (χ4v) is 2.26. The maximum absolute atomic E-state index is 12.1. The van der Waals surface area contributed by atoms with Gasteiger partial charge in [-0.15, -0.1) is 0 Å². The summed E-state index contributed by atoms with van der Waals surface area (Å²) in [5.74, 6) is -2.15. The van der Waals surface area contributed by atoms with Crippen molar-refractivity contribution in [2.45, 2.75) is 78.4 Å². The second-order valence-electron chi connectivity index (χ2n) is 7.92. The zero-order chi connectivity index (χ0) is 21.7. The zero-order valence-electron chi connectivity index (χ0n) is 17.4. The van der Waals surface area contributed by atoms with Crippen molar-refractivity contribution in [3.8, 4) is 0 Å². The van der Waals surface area contributed by atoms with Crippen molar-refractivity contribution in [2.75, 3.05) is 6.54 Å². The molecule has 0 aromatic rings. The van der Waals surface area contributed by atoms with E-state index >= 15 is 0 Å². The standard InChI is InChI=1S/C19H33N3O6/c1-13(2)11-14(17(26)21-12-16(24)25)22-15(23)9-7-6-8-10-20-18(27)28-19(3,4)5/h12-14H,6-11H2,1-5H3,(H,20,27)(H,22,23)(H,24,25)/t14-/m0/s1. The third-order valence-corrected chi connectivity index (χ3v) is 3.39. The van der Waals surface area contributed by atoms with Gasteiger partial charge in [-0.05, 0) is 46.0 Å². The number of unbranched alkanes of at least 4 members (excludes halogenated alkanes) is 2. The van der Waals surface area contributed by atoms with Crippen LogP contribution in [0.2, 0.25) is 0 Å². The van der Waals surface area contributed by atoms with Gasteiger partial charge in [0.25, 0.3) is 5.91 Å². The van der Waals surface area contributed by atoms with E-state index in [1.807, 2.05) is 13.8 Å². The van der Waals surface area contributed by atoms with E-state index in [2.05, 4.69) is 15.6 Å². The highest BCUT2D eigenvalue weighted by Gasteiger charge is 2.21. The molecule has 0 bridgehead atoms. The number of carbonyl (C=O) groups is 4. The number of carboxylic acid groups (broad SMARTS) is 1. The van der Waals surface area contributed by atoms with Gasteiger partial charge in [0.05, 0.1) is 0 Å². The Labute approximate surface area is 166 Å². The van der Waals surface area contributed by atoms with Crippen molar-refractivity contribution in [1.82, 2.24) is 10.6 Å². The Balaban J connectivity index is 4.19. The molecule has 0 heterocycles. The summed E-state index contributed by atoms with van der Waals surface area (Å²) < 4.78 is 5.12. The molecule has 160 valence electrons. The summed E-state index contributed by atoms with van der Waals surface area (Å²) in [7, 11) is 0. The van der Waals surface area contributed by atoms with Gasteiger partial charge in [0, 0.05) is 13.0 Å². The molecular formula is C19H33N3O6. The van der Waals surface area contributed by atoms with Crippen molar-refractivity contribution in [3.05, 3.63) is 0 Å². The van der Waals surface area contributed by atoms with Crippen molar-refractivity contribution in [1.29, 1.82) is 0 Å². The molecule has 0 saturated carbocycles. The van der Waals surface area contributed by atoms with Crippen LogP contribution in [0.15, 0.2) is 4.99 Å². The summed E-state index contributed by atoms with van der Waals surface area (Å²) in [6.07, 6.45) is 2.69. The van der Waals surface area contributed by atoms with E-state index < -0.39 is 29.6 Å². The normalized spacial score (nSPS) is 12.6. The summed E-state index contributed by atoms with van der Waals surface area (Å²) in [4.78, 5) is 49.4. The number of nitrogens with one attached hydrogen (secondary N) is 2. The molecule has 1 atom stereocenters. The van der Waals surface area contributed by atoms with E-state index in [1.54, 1.807) is 20.8 Å². The lowest BCUT2D eigenvalue weighted by Crippen LogP contribution is -2.41. The predicted octanol–water partition coefficient (Wildman–Crippen LogP) is 2.28. The van der Waals surface area contributed by atoms with E-state index in [0.29, 0.717) is 32.0 Å². The molecule has 0 radical (unpaired) electrons. The van der Waals surface area contributed by atoms with E-state index in [-0.39, 0.29) is 18.2 Å². The number of aliphatic carboxylic acids is 1. The quantitative estimate of drug-likeness (QED) is 0.360. The minimum absolute atomic E-state index is 0.133. The van der Waals surface area contributed by atoms with Gasteiger partial charge in [-0.1, -0.05) is 20.3 Å². The third-order valence-electron chi connectivity index (χ3n) is 3.39. The molecular weight excluding hydrogens is 366 g/mol. The topological polar surface area (TPSA) is 134 Å². The molecule has 0 saturated heterocycles. The van der Waals surface area contributed by atoms with Crippen LogP contribution in [0.1, 0.15) is 66.7 Å². The fraction of sp³-hybridized carbons (Fsp3) is 0.737. The first-order chi connectivity index (χ1) is 12.9. The van der Waals surface area contributed by atoms with Crippen LogP contribution < -0.4 is 10.6 Å². The average molecular weight is 399 g/mol. The van der Waals surface area contributed by atoms with E-state index in [9.17, 15) is 19.2 Å². The second-order valence-corrected chi connectivity index (χ2v) is 7.92. The van der Waals surface area contributed by atoms with Gasteiger partial charge in [0.15, 0.2) is 0 Å². The molecule has 0 spiro atoms. The first-order valence-corrected chi connectivity index (χ1v) is 9.47. The number of alkyl carbamates (subject to hydrolysis) is 1. The van der Waals surface area contributed by atoms with Gasteiger partial charge in [0.2, 0.25) is 5.91 Å². The molecule has 0 aromatic heterocycles. The van der Waals surface area contributed by atoms with Gasteiger partial charge in [-0.2, -0.15) is 0 Å². The van der Waals surface area contributed by atoms with Gasteiger partial charge in [-0.3, -0.25) is 9.59 Å². The number of hydrogen-bond donors (Lipinski definition) is 3.